The molecule has 0 unspecified atom stereocenters. The number of hydrogen-bond acceptors (Lipinski definition) is 3. The highest BCUT2D eigenvalue weighted by atomic mass is 17.2. The zero-order valence-electron chi connectivity index (χ0n) is 16.0. The second-order valence-corrected chi connectivity index (χ2v) is 6.84. The van der Waals surface area contributed by atoms with E-state index in [2.05, 4.69) is 6.92 Å². The minimum Gasteiger partial charge on any atom is -0.287 e. The van der Waals surface area contributed by atoms with Gasteiger partial charge in [-0.1, -0.05) is 102 Å². The van der Waals surface area contributed by atoms with Crippen LogP contribution in [0.1, 0.15) is 96.8 Å². The van der Waals surface area contributed by atoms with Crippen LogP contribution >= 0.6 is 0 Å². The van der Waals surface area contributed by atoms with Crippen molar-refractivity contribution >= 4 is 5.97 Å². The summed E-state index contributed by atoms with van der Waals surface area (Å²) in [5, 5.41) is 0. The van der Waals surface area contributed by atoms with Gasteiger partial charge in [-0.3, -0.25) is 9.78 Å². The lowest BCUT2D eigenvalue weighted by molar-refractivity contribution is -0.213. The molecule has 0 fully saturated rings. The Morgan fingerprint density at radius 1 is 0.720 bits per heavy atom. The summed E-state index contributed by atoms with van der Waals surface area (Å²) in [4.78, 5) is 21.3. The molecule has 0 aromatic heterocycles. The molecule has 1 aromatic rings. The number of unbranched alkanes of at least 4 members (excludes halogenated alkanes) is 12. The number of carbonyl (C=O) groups is 1. The summed E-state index contributed by atoms with van der Waals surface area (Å²) in [5.74, 6) is 0.271. The SMILES string of the molecule is CCCCCCCCCCCCCCCC(=O)OOc1ccccc1. The molecule has 0 aliphatic heterocycles. The van der Waals surface area contributed by atoms with Crippen LogP contribution in [-0.4, -0.2) is 5.97 Å². The van der Waals surface area contributed by atoms with Crippen LogP contribution in [0.15, 0.2) is 30.3 Å². The second-order valence-electron chi connectivity index (χ2n) is 6.84. The summed E-state index contributed by atoms with van der Waals surface area (Å²) in [6, 6.07) is 9.10. The first-order valence-corrected chi connectivity index (χ1v) is 10.3. The molecule has 25 heavy (non-hydrogen) atoms. The summed E-state index contributed by atoms with van der Waals surface area (Å²) < 4.78 is 0. The van der Waals surface area contributed by atoms with Gasteiger partial charge in [0, 0.05) is 0 Å². The molecule has 0 bridgehead atoms. The summed E-state index contributed by atoms with van der Waals surface area (Å²) in [7, 11) is 0. The average molecular weight is 349 g/mol. The van der Waals surface area contributed by atoms with Crippen LogP contribution in [0.25, 0.3) is 0 Å². The van der Waals surface area contributed by atoms with E-state index in [-0.39, 0.29) is 5.97 Å². The van der Waals surface area contributed by atoms with Gasteiger partial charge in [0.25, 0.3) is 0 Å². The highest BCUT2D eigenvalue weighted by molar-refractivity contribution is 5.68. The van der Waals surface area contributed by atoms with E-state index in [1.165, 1.54) is 70.6 Å². The van der Waals surface area contributed by atoms with Crippen molar-refractivity contribution in [1.29, 1.82) is 0 Å². The van der Waals surface area contributed by atoms with Crippen LogP contribution in [0, 0.1) is 0 Å². The molecule has 0 spiro atoms. The molecule has 1 aromatic carbocycles. The molecule has 3 heteroatoms. The van der Waals surface area contributed by atoms with Gasteiger partial charge in [-0.2, -0.15) is 0 Å². The minimum absolute atomic E-state index is 0.285. The van der Waals surface area contributed by atoms with Crippen LogP contribution in [-0.2, 0) is 9.68 Å². The maximum Gasteiger partial charge on any atom is 0.355 e. The van der Waals surface area contributed by atoms with E-state index < -0.39 is 0 Å². The molecule has 0 amide bonds. The number of para-hydroxylation sites is 1. The third-order valence-electron chi connectivity index (χ3n) is 4.46. The molecular formula is C22H36O3. The second kappa shape index (κ2) is 16.0. The Morgan fingerprint density at radius 3 is 1.72 bits per heavy atom. The van der Waals surface area contributed by atoms with Gasteiger partial charge < -0.3 is 0 Å². The van der Waals surface area contributed by atoms with E-state index >= 15 is 0 Å². The molecule has 1 rings (SSSR count). The monoisotopic (exact) mass is 348 g/mol. The summed E-state index contributed by atoms with van der Waals surface area (Å²) >= 11 is 0. The highest BCUT2D eigenvalue weighted by Gasteiger charge is 2.05. The Labute approximate surface area is 154 Å². The lowest BCUT2D eigenvalue weighted by Crippen LogP contribution is -2.07. The predicted molar refractivity (Wildman–Crippen MR) is 103 cm³/mol. The molecule has 3 nitrogen and oxygen atoms in total. The Hall–Kier alpha value is -1.51. The maximum atomic E-state index is 11.6. The molecule has 0 saturated carbocycles. The number of hydrogen-bond donors (Lipinski definition) is 0. The van der Waals surface area contributed by atoms with E-state index in [0.29, 0.717) is 12.2 Å². The third kappa shape index (κ3) is 13.5. The van der Waals surface area contributed by atoms with E-state index in [0.717, 1.165) is 12.8 Å². The Bertz CT molecular complexity index is 417. The quantitative estimate of drug-likeness (QED) is 0.183. The molecule has 0 heterocycles. The number of rotatable bonds is 16. The van der Waals surface area contributed by atoms with Crippen LogP contribution < -0.4 is 4.89 Å². The first-order chi connectivity index (χ1) is 12.3. The predicted octanol–water partition coefficient (Wildman–Crippen LogP) is 7.00. The van der Waals surface area contributed by atoms with Crippen molar-refractivity contribution in [2.75, 3.05) is 0 Å². The van der Waals surface area contributed by atoms with Crippen molar-refractivity contribution in [3.8, 4) is 5.75 Å². The van der Waals surface area contributed by atoms with Gasteiger partial charge in [-0.15, -0.1) is 0 Å². The lowest BCUT2D eigenvalue weighted by Gasteiger charge is -2.04. The fourth-order valence-electron chi connectivity index (χ4n) is 2.90. The fourth-order valence-corrected chi connectivity index (χ4v) is 2.90. The van der Waals surface area contributed by atoms with Crippen molar-refractivity contribution < 1.29 is 14.6 Å². The van der Waals surface area contributed by atoms with Gasteiger partial charge in [-0.05, 0) is 18.6 Å². The van der Waals surface area contributed by atoms with Crippen molar-refractivity contribution in [2.45, 2.75) is 96.8 Å². The van der Waals surface area contributed by atoms with Crippen molar-refractivity contribution in [3.05, 3.63) is 30.3 Å². The first-order valence-electron chi connectivity index (χ1n) is 10.3. The Balaban J connectivity index is 1.80. The number of benzene rings is 1. The summed E-state index contributed by atoms with van der Waals surface area (Å²) in [6.45, 7) is 2.27. The smallest absolute Gasteiger partial charge is 0.287 e. The van der Waals surface area contributed by atoms with Crippen LogP contribution in [0.5, 0.6) is 5.75 Å². The van der Waals surface area contributed by atoms with Gasteiger partial charge in [0.15, 0.2) is 5.75 Å². The van der Waals surface area contributed by atoms with Crippen molar-refractivity contribution in [3.63, 3.8) is 0 Å². The highest BCUT2D eigenvalue weighted by Crippen LogP contribution is 2.13. The zero-order chi connectivity index (χ0) is 18.0. The van der Waals surface area contributed by atoms with E-state index in [1.807, 2.05) is 18.2 Å². The van der Waals surface area contributed by atoms with E-state index in [4.69, 9.17) is 9.78 Å². The normalized spacial score (nSPS) is 10.6. The largest absolute Gasteiger partial charge is 0.355 e. The molecule has 0 aliphatic rings. The molecule has 142 valence electrons. The topological polar surface area (TPSA) is 35.5 Å². The van der Waals surface area contributed by atoms with Crippen LogP contribution in [0.3, 0.4) is 0 Å². The third-order valence-corrected chi connectivity index (χ3v) is 4.46. The minimum atomic E-state index is -0.285. The summed E-state index contributed by atoms with van der Waals surface area (Å²) in [5.41, 5.74) is 0. The Kier molecular flexibility index (Phi) is 13.8. The fraction of sp³-hybridized carbons (Fsp3) is 0.682. The average Bonchev–Trinajstić information content (AvgIpc) is 2.64. The lowest BCUT2D eigenvalue weighted by atomic mass is 10.0. The van der Waals surface area contributed by atoms with Gasteiger partial charge in [0.1, 0.15) is 0 Å². The van der Waals surface area contributed by atoms with Gasteiger partial charge in [0.2, 0.25) is 0 Å². The van der Waals surface area contributed by atoms with Gasteiger partial charge in [-0.25, -0.2) is 4.79 Å². The Morgan fingerprint density at radius 2 is 1.20 bits per heavy atom. The van der Waals surface area contributed by atoms with Gasteiger partial charge in [0.05, 0.1) is 6.42 Å². The van der Waals surface area contributed by atoms with E-state index in [1.54, 1.807) is 12.1 Å². The molecule has 0 N–H and O–H groups in total. The van der Waals surface area contributed by atoms with Crippen molar-refractivity contribution in [1.82, 2.24) is 0 Å². The number of carbonyl (C=O) groups excluding carboxylic acids is 1. The van der Waals surface area contributed by atoms with Crippen LogP contribution in [0.4, 0.5) is 0 Å². The maximum absolute atomic E-state index is 11.6. The van der Waals surface area contributed by atoms with Gasteiger partial charge >= 0.3 is 5.97 Å². The standard InChI is InChI=1S/C22H36O3/c1-2-3-4-5-6-7-8-9-10-11-12-13-17-20-22(23)25-24-21-18-15-14-16-19-21/h14-16,18-19H,2-13,17,20H2,1H3. The zero-order valence-corrected chi connectivity index (χ0v) is 16.0. The molecular weight excluding hydrogens is 312 g/mol. The first kappa shape index (κ1) is 21.5. The summed E-state index contributed by atoms with van der Waals surface area (Å²) in [6.07, 6.45) is 17.3. The molecule has 0 atom stereocenters. The van der Waals surface area contributed by atoms with E-state index in [9.17, 15) is 4.79 Å². The molecule has 0 aliphatic carbocycles. The van der Waals surface area contributed by atoms with Crippen molar-refractivity contribution in [2.24, 2.45) is 0 Å². The molecule has 0 radical (unpaired) electrons. The van der Waals surface area contributed by atoms with Crippen LogP contribution in [0.2, 0.25) is 0 Å². The molecule has 0 saturated heterocycles.